The molecule has 3 nitrogen and oxygen atoms in total. The van der Waals surface area contributed by atoms with Crippen LogP contribution in [0, 0.1) is 0 Å². The molecule has 0 aromatic carbocycles. The predicted octanol–water partition coefficient (Wildman–Crippen LogP) is 1.33. The van der Waals surface area contributed by atoms with Crippen molar-refractivity contribution in [3.05, 3.63) is 15.5 Å². The maximum Gasteiger partial charge on any atom is 0.190 e. The second kappa shape index (κ2) is 3.30. The molecule has 1 unspecified atom stereocenters. The van der Waals surface area contributed by atoms with E-state index in [0.717, 1.165) is 11.3 Å². The molecule has 0 saturated carbocycles. The normalized spacial score (nSPS) is 13.0. The molecule has 0 aliphatic heterocycles. The van der Waals surface area contributed by atoms with Gasteiger partial charge in [0.15, 0.2) is 10.3 Å². The average Bonchev–Trinajstić information content (AvgIpc) is 2.34. The first kappa shape index (κ1) is 8.64. The van der Waals surface area contributed by atoms with Crippen LogP contribution < -0.4 is 5.73 Å². The van der Waals surface area contributed by atoms with Crippen molar-refractivity contribution in [3.63, 3.8) is 0 Å². The smallest absolute Gasteiger partial charge is 0.190 e. The molecule has 1 atom stereocenters. The Kier molecular flexibility index (Phi) is 2.59. The van der Waals surface area contributed by atoms with Crippen LogP contribution in [0.3, 0.4) is 0 Å². The topological polar surface area (TPSA) is 56.0 Å². The van der Waals surface area contributed by atoms with Gasteiger partial charge in [0, 0.05) is 0 Å². The Balaban J connectivity index is 2.85. The lowest BCUT2D eigenvalue weighted by Gasteiger charge is -1.98. The van der Waals surface area contributed by atoms with Crippen molar-refractivity contribution in [2.24, 2.45) is 5.73 Å². The van der Waals surface area contributed by atoms with E-state index in [9.17, 15) is 4.79 Å². The van der Waals surface area contributed by atoms with E-state index in [0.29, 0.717) is 9.34 Å². The van der Waals surface area contributed by atoms with Gasteiger partial charge >= 0.3 is 0 Å². The number of hydrogen-bond donors (Lipinski definition) is 1. The molecule has 1 rings (SSSR count). The van der Waals surface area contributed by atoms with Crippen LogP contribution in [0.1, 0.15) is 16.6 Å². The third-order valence-electron chi connectivity index (χ3n) is 1.13. The van der Waals surface area contributed by atoms with Crippen molar-refractivity contribution >= 4 is 28.7 Å². The molecule has 2 N–H and O–H groups in total. The molecule has 0 bridgehead atoms. The molecule has 1 aromatic heterocycles. The third-order valence-corrected chi connectivity index (χ3v) is 2.26. The molecule has 0 saturated heterocycles. The van der Waals surface area contributed by atoms with E-state index in [-0.39, 0.29) is 5.78 Å². The Hall–Kier alpha value is -0.450. The quantitative estimate of drug-likeness (QED) is 0.716. The molecule has 60 valence electrons. The number of nitrogens with two attached hydrogens (primary N) is 1. The number of Topliss-reactive ketones (excluding diaryl/α,β-unsaturated/α-hetero) is 1. The van der Waals surface area contributed by atoms with Gasteiger partial charge in [0.2, 0.25) is 0 Å². The van der Waals surface area contributed by atoms with Crippen LogP contribution in [0.25, 0.3) is 0 Å². The zero-order valence-electron chi connectivity index (χ0n) is 5.87. The Morgan fingerprint density at radius 3 is 2.91 bits per heavy atom. The van der Waals surface area contributed by atoms with Gasteiger partial charge in [0.1, 0.15) is 0 Å². The van der Waals surface area contributed by atoms with E-state index >= 15 is 0 Å². The predicted molar refractivity (Wildman–Crippen MR) is 45.1 cm³/mol. The van der Waals surface area contributed by atoms with Crippen LogP contribution in [0.2, 0.25) is 4.47 Å². The zero-order chi connectivity index (χ0) is 8.43. The lowest BCUT2D eigenvalue weighted by Crippen LogP contribution is -2.25. The summed E-state index contributed by atoms with van der Waals surface area (Å²) in [7, 11) is 0. The Morgan fingerprint density at radius 2 is 2.55 bits per heavy atom. The number of thiazole rings is 1. The summed E-state index contributed by atoms with van der Waals surface area (Å²) in [5, 5.41) is 0. The molecule has 0 fully saturated rings. The molecular weight excluding hydrogens is 184 g/mol. The highest BCUT2D eigenvalue weighted by Gasteiger charge is 2.13. The number of aromatic nitrogens is 1. The first-order valence-corrected chi connectivity index (χ1v) is 4.22. The van der Waals surface area contributed by atoms with Crippen molar-refractivity contribution < 1.29 is 4.79 Å². The molecule has 0 amide bonds. The van der Waals surface area contributed by atoms with Crippen molar-refractivity contribution in [3.8, 4) is 0 Å². The van der Waals surface area contributed by atoms with Gasteiger partial charge in [0.25, 0.3) is 0 Å². The van der Waals surface area contributed by atoms with Gasteiger partial charge in [-0.1, -0.05) is 22.9 Å². The molecule has 5 heteroatoms. The summed E-state index contributed by atoms with van der Waals surface area (Å²) in [4.78, 5) is 15.4. The maximum absolute atomic E-state index is 11.1. The highest BCUT2D eigenvalue weighted by atomic mass is 35.5. The van der Waals surface area contributed by atoms with E-state index in [1.54, 1.807) is 6.92 Å². The minimum Gasteiger partial charge on any atom is -0.321 e. The summed E-state index contributed by atoms with van der Waals surface area (Å²) in [5.74, 6) is -0.116. The number of nitrogens with zero attached hydrogens (tertiary/aromatic N) is 1. The van der Waals surface area contributed by atoms with E-state index in [4.69, 9.17) is 17.3 Å². The third kappa shape index (κ3) is 1.99. The van der Waals surface area contributed by atoms with Crippen LogP contribution in [-0.4, -0.2) is 16.8 Å². The number of hydrogen-bond acceptors (Lipinski definition) is 4. The van der Waals surface area contributed by atoms with Crippen molar-refractivity contribution in [1.29, 1.82) is 0 Å². The molecule has 11 heavy (non-hydrogen) atoms. The molecular formula is C6H7ClN2OS. The monoisotopic (exact) mass is 190 g/mol. The van der Waals surface area contributed by atoms with Gasteiger partial charge < -0.3 is 5.73 Å². The summed E-state index contributed by atoms with van der Waals surface area (Å²) >= 11 is 6.67. The van der Waals surface area contributed by atoms with E-state index in [1.807, 2.05) is 0 Å². The molecule has 0 spiro atoms. The molecule has 1 heterocycles. The minimum atomic E-state index is -0.480. The van der Waals surface area contributed by atoms with Gasteiger partial charge in [0.05, 0.1) is 17.1 Å². The minimum absolute atomic E-state index is 0.116. The van der Waals surface area contributed by atoms with Crippen LogP contribution >= 0.6 is 22.9 Å². The van der Waals surface area contributed by atoms with Crippen LogP contribution in [0.15, 0.2) is 6.20 Å². The maximum atomic E-state index is 11.1. The number of ketones is 1. The molecule has 1 aromatic rings. The van der Waals surface area contributed by atoms with Gasteiger partial charge in [-0.05, 0) is 6.92 Å². The van der Waals surface area contributed by atoms with Crippen molar-refractivity contribution in [2.45, 2.75) is 13.0 Å². The van der Waals surface area contributed by atoms with Crippen LogP contribution in [0.4, 0.5) is 0 Å². The highest BCUT2D eigenvalue weighted by molar-refractivity contribution is 7.17. The Bertz CT molecular complexity index is 271. The standard InChI is InChI=1S/C6H7ClN2OS/c1-3(8)5(10)4-2-9-6(7)11-4/h2-3H,8H2,1H3. The van der Waals surface area contributed by atoms with Crippen molar-refractivity contribution in [1.82, 2.24) is 4.98 Å². The Morgan fingerprint density at radius 1 is 1.91 bits per heavy atom. The molecule has 0 aliphatic rings. The van der Waals surface area contributed by atoms with E-state index in [1.165, 1.54) is 6.20 Å². The van der Waals surface area contributed by atoms with E-state index in [2.05, 4.69) is 4.98 Å². The number of halogens is 1. The van der Waals surface area contributed by atoms with Crippen molar-refractivity contribution in [2.75, 3.05) is 0 Å². The highest BCUT2D eigenvalue weighted by Crippen LogP contribution is 2.18. The van der Waals surface area contributed by atoms with Gasteiger partial charge in [-0.2, -0.15) is 0 Å². The van der Waals surface area contributed by atoms with Gasteiger partial charge in [-0.25, -0.2) is 4.98 Å². The first-order chi connectivity index (χ1) is 5.11. The summed E-state index contributed by atoms with van der Waals surface area (Å²) < 4.78 is 0.369. The average molecular weight is 191 g/mol. The fourth-order valence-electron chi connectivity index (χ4n) is 0.591. The number of rotatable bonds is 2. The second-order valence-corrected chi connectivity index (χ2v) is 3.74. The molecule has 0 aliphatic carbocycles. The van der Waals surface area contributed by atoms with Crippen LogP contribution in [-0.2, 0) is 0 Å². The zero-order valence-corrected chi connectivity index (χ0v) is 7.45. The van der Waals surface area contributed by atoms with E-state index < -0.39 is 6.04 Å². The van der Waals surface area contributed by atoms with Crippen LogP contribution in [0.5, 0.6) is 0 Å². The largest absolute Gasteiger partial charge is 0.321 e. The van der Waals surface area contributed by atoms with Gasteiger partial charge in [-0.15, -0.1) is 0 Å². The summed E-state index contributed by atoms with van der Waals surface area (Å²) in [6.07, 6.45) is 1.44. The summed E-state index contributed by atoms with van der Waals surface area (Å²) in [6, 6.07) is -0.480. The summed E-state index contributed by atoms with van der Waals surface area (Å²) in [5.41, 5.74) is 5.36. The SMILES string of the molecule is CC(N)C(=O)c1cnc(Cl)s1. The molecule has 0 radical (unpaired) electrons. The lowest BCUT2D eigenvalue weighted by molar-refractivity contribution is 0.0971. The number of carbonyl (C=O) groups is 1. The fourth-order valence-corrected chi connectivity index (χ4v) is 1.57. The number of carbonyl (C=O) groups excluding carboxylic acids is 1. The summed E-state index contributed by atoms with van der Waals surface area (Å²) in [6.45, 7) is 1.63. The fraction of sp³-hybridized carbons (Fsp3) is 0.333. The Labute approximate surface area is 73.2 Å². The first-order valence-electron chi connectivity index (χ1n) is 3.02. The van der Waals surface area contributed by atoms with Gasteiger partial charge in [-0.3, -0.25) is 4.79 Å². The lowest BCUT2D eigenvalue weighted by atomic mass is 10.2. The second-order valence-electron chi connectivity index (χ2n) is 2.13.